The summed E-state index contributed by atoms with van der Waals surface area (Å²) in [6.07, 6.45) is 7.01. The Hall–Kier alpha value is -4.72. The molecule has 236 valence electrons. The van der Waals surface area contributed by atoms with Gasteiger partial charge in [-0.05, 0) is 92.9 Å². The van der Waals surface area contributed by atoms with Gasteiger partial charge < -0.3 is 14.7 Å². The van der Waals surface area contributed by atoms with Crippen molar-refractivity contribution in [2.75, 3.05) is 6.54 Å². The molecule has 1 fully saturated rings. The second kappa shape index (κ2) is 11.9. The van der Waals surface area contributed by atoms with E-state index in [0.29, 0.717) is 12.5 Å². The smallest absolute Gasteiger partial charge is 0.410 e. The molecule has 4 heterocycles. The molecule has 1 amide bonds. The molecular weight excluding hydrogens is 572 g/mol. The van der Waals surface area contributed by atoms with Crippen LogP contribution >= 0.6 is 0 Å². The molecule has 3 aromatic heterocycles. The summed E-state index contributed by atoms with van der Waals surface area (Å²) in [6.45, 7) is 10.8. The number of hydrogen-bond donors (Lipinski definition) is 2. The molecule has 1 aliphatic rings. The van der Waals surface area contributed by atoms with Crippen LogP contribution in [0.3, 0.4) is 0 Å². The predicted octanol–water partition coefficient (Wildman–Crippen LogP) is 9.69. The molecule has 0 radical (unpaired) electrons. The van der Waals surface area contributed by atoms with E-state index in [4.69, 9.17) is 19.7 Å². The van der Waals surface area contributed by atoms with E-state index < -0.39 is 5.60 Å². The fourth-order valence-electron chi connectivity index (χ4n) is 6.50. The molecule has 2 N–H and O–H groups in total. The highest BCUT2D eigenvalue weighted by molar-refractivity contribution is 5.91. The molecule has 7 rings (SSSR count). The molecule has 2 atom stereocenters. The largest absolute Gasteiger partial charge is 0.444 e. The maximum atomic E-state index is 12.9. The zero-order valence-electron chi connectivity index (χ0n) is 27.4. The number of pyridine rings is 1. The van der Waals surface area contributed by atoms with E-state index in [1.807, 2.05) is 33.0 Å². The number of aromatic nitrogens is 5. The van der Waals surface area contributed by atoms with Crippen molar-refractivity contribution in [1.82, 2.24) is 29.8 Å². The minimum absolute atomic E-state index is 0.114. The molecule has 46 heavy (non-hydrogen) atoms. The van der Waals surface area contributed by atoms with Crippen molar-refractivity contribution < 1.29 is 9.53 Å². The summed E-state index contributed by atoms with van der Waals surface area (Å²) >= 11 is 0. The summed E-state index contributed by atoms with van der Waals surface area (Å²) in [5.74, 6) is 2.29. The average Bonchev–Trinajstić information content (AvgIpc) is 3.79. The van der Waals surface area contributed by atoms with Gasteiger partial charge >= 0.3 is 6.09 Å². The molecule has 0 aliphatic carbocycles. The summed E-state index contributed by atoms with van der Waals surface area (Å²) in [5.41, 5.74) is 7.58. The van der Waals surface area contributed by atoms with E-state index in [1.165, 1.54) is 12.8 Å². The highest BCUT2D eigenvalue weighted by Gasteiger charge is 2.35. The van der Waals surface area contributed by atoms with E-state index >= 15 is 0 Å². The zero-order valence-corrected chi connectivity index (χ0v) is 27.4. The highest BCUT2D eigenvalue weighted by atomic mass is 16.6. The molecule has 0 spiro atoms. The molecule has 8 nitrogen and oxygen atoms in total. The third kappa shape index (κ3) is 5.96. The van der Waals surface area contributed by atoms with Crippen molar-refractivity contribution >= 4 is 38.9 Å². The lowest BCUT2D eigenvalue weighted by Gasteiger charge is -2.27. The van der Waals surface area contributed by atoms with Crippen LogP contribution in [-0.4, -0.2) is 48.1 Å². The van der Waals surface area contributed by atoms with E-state index in [0.717, 1.165) is 86.1 Å². The first-order valence-electron chi connectivity index (χ1n) is 16.5. The Bertz CT molecular complexity index is 2050. The molecular formula is C38H42N6O2. The number of carbonyl (C=O) groups is 1. The van der Waals surface area contributed by atoms with E-state index in [2.05, 4.69) is 78.4 Å². The Balaban J connectivity index is 1.12. The van der Waals surface area contributed by atoms with Gasteiger partial charge in [-0.15, -0.1) is 0 Å². The van der Waals surface area contributed by atoms with Gasteiger partial charge in [-0.2, -0.15) is 0 Å². The van der Waals surface area contributed by atoms with Crippen molar-refractivity contribution in [2.24, 2.45) is 0 Å². The van der Waals surface area contributed by atoms with Crippen LogP contribution in [0.1, 0.15) is 90.3 Å². The Morgan fingerprint density at radius 2 is 1.65 bits per heavy atom. The first-order valence-corrected chi connectivity index (χ1v) is 16.5. The number of carbonyl (C=O) groups excluding carboxylic acids is 1. The van der Waals surface area contributed by atoms with Crippen LogP contribution in [0.25, 0.3) is 55.2 Å². The van der Waals surface area contributed by atoms with E-state index in [1.54, 1.807) is 4.90 Å². The lowest BCUT2D eigenvalue weighted by molar-refractivity contribution is 0.0219. The maximum Gasteiger partial charge on any atom is 0.410 e. The van der Waals surface area contributed by atoms with Crippen LogP contribution in [0.4, 0.5) is 4.79 Å². The first kappa shape index (κ1) is 30.0. The van der Waals surface area contributed by atoms with Crippen LogP contribution in [0, 0.1) is 0 Å². The Labute approximate surface area is 269 Å². The van der Waals surface area contributed by atoms with Crippen LogP contribution in [-0.2, 0) is 4.74 Å². The summed E-state index contributed by atoms with van der Waals surface area (Å²) in [5, 5.41) is 2.22. The second-order valence-corrected chi connectivity index (χ2v) is 13.7. The number of ether oxygens (including phenoxy) is 1. The number of amides is 1. The normalized spacial score (nSPS) is 16.1. The molecule has 1 aliphatic heterocycles. The third-order valence-electron chi connectivity index (χ3n) is 9.01. The summed E-state index contributed by atoms with van der Waals surface area (Å²) in [7, 11) is 0. The van der Waals surface area contributed by atoms with Gasteiger partial charge in [0.1, 0.15) is 17.2 Å². The van der Waals surface area contributed by atoms with Crippen LogP contribution in [0.5, 0.6) is 0 Å². The monoisotopic (exact) mass is 614 g/mol. The van der Waals surface area contributed by atoms with Crippen LogP contribution in [0.15, 0.2) is 66.9 Å². The number of hydrogen-bond acceptors (Lipinski definition) is 5. The summed E-state index contributed by atoms with van der Waals surface area (Å²) in [4.78, 5) is 36.3. The molecule has 3 aromatic carbocycles. The van der Waals surface area contributed by atoms with Gasteiger partial charge in [-0.3, -0.25) is 9.88 Å². The molecule has 0 saturated carbocycles. The fourth-order valence-corrected chi connectivity index (χ4v) is 6.50. The van der Waals surface area contributed by atoms with Crippen LogP contribution in [0.2, 0.25) is 0 Å². The topological polar surface area (TPSA) is 99.8 Å². The number of H-pyrrole nitrogens is 2. The number of imidazole rings is 2. The number of nitrogens with zero attached hydrogens (tertiary/aromatic N) is 4. The molecule has 8 heteroatoms. The minimum Gasteiger partial charge on any atom is -0.444 e. The number of likely N-dealkylation sites (tertiary alicyclic amines) is 1. The third-order valence-corrected chi connectivity index (χ3v) is 9.01. The van der Waals surface area contributed by atoms with Crippen molar-refractivity contribution in [3.8, 4) is 22.4 Å². The van der Waals surface area contributed by atoms with Gasteiger partial charge in [0.05, 0.1) is 33.8 Å². The summed E-state index contributed by atoms with van der Waals surface area (Å²) in [6, 6.07) is 21.2. The lowest BCUT2D eigenvalue weighted by atomic mass is 10.0. The van der Waals surface area contributed by atoms with Crippen molar-refractivity contribution in [3.63, 3.8) is 0 Å². The number of unbranched alkanes of at least 4 members (excludes halogenated alkanes) is 1. The van der Waals surface area contributed by atoms with E-state index in [-0.39, 0.29) is 12.1 Å². The lowest BCUT2D eigenvalue weighted by Crippen LogP contribution is -2.36. The zero-order chi connectivity index (χ0) is 32.0. The Kier molecular flexibility index (Phi) is 7.75. The quantitative estimate of drug-likeness (QED) is 0.186. The van der Waals surface area contributed by atoms with E-state index in [9.17, 15) is 4.79 Å². The van der Waals surface area contributed by atoms with Gasteiger partial charge in [0.15, 0.2) is 0 Å². The first-order chi connectivity index (χ1) is 22.1. The minimum atomic E-state index is -0.533. The second-order valence-electron chi connectivity index (χ2n) is 13.7. The predicted molar refractivity (Wildman–Crippen MR) is 185 cm³/mol. The Morgan fingerprint density at radius 1 is 0.935 bits per heavy atom. The summed E-state index contributed by atoms with van der Waals surface area (Å²) < 4.78 is 5.66. The molecule has 0 unspecified atom stereocenters. The van der Waals surface area contributed by atoms with Gasteiger partial charge in [0.25, 0.3) is 0 Å². The standard InChI is InChI=1S/C38H42N6O2/c1-6-7-9-23(2)35-40-29-16-14-27(21-33(29)42-35)31-19-26-12-11-24(18-28(26)22-39-31)25-13-15-30-32(20-25)43-36(41-30)34-10-8-17-44(34)37(45)46-38(3,4)5/h11-16,18-23,34H,6-10,17H2,1-5H3,(H,40,42)(H,41,43)/t23-,34-/m0/s1. The van der Waals surface area contributed by atoms with Crippen molar-refractivity contribution in [1.29, 1.82) is 0 Å². The SMILES string of the molecule is CCCC[C@H](C)c1nc2ccc(-c3cc4ccc(-c5ccc6nc([C@@H]7CCCN7C(=O)OC(C)(C)C)[nH]c6c5)cc4cn3)cc2[nH]1. The number of nitrogens with one attached hydrogen (secondary N) is 2. The van der Waals surface area contributed by atoms with Crippen molar-refractivity contribution in [2.45, 2.75) is 84.3 Å². The van der Waals surface area contributed by atoms with Gasteiger partial charge in [0.2, 0.25) is 0 Å². The molecule has 0 bridgehead atoms. The highest BCUT2D eigenvalue weighted by Crippen LogP contribution is 2.34. The molecule has 1 saturated heterocycles. The average molecular weight is 615 g/mol. The number of aromatic amines is 2. The van der Waals surface area contributed by atoms with Gasteiger partial charge in [-0.25, -0.2) is 14.8 Å². The number of benzene rings is 3. The van der Waals surface area contributed by atoms with Crippen molar-refractivity contribution in [3.05, 3.63) is 78.5 Å². The van der Waals surface area contributed by atoms with Gasteiger partial charge in [0, 0.05) is 29.6 Å². The van der Waals surface area contributed by atoms with Gasteiger partial charge in [-0.1, -0.05) is 51.0 Å². The Morgan fingerprint density at radius 3 is 2.46 bits per heavy atom. The molecule has 6 aromatic rings. The fraction of sp³-hybridized carbons (Fsp3) is 0.368. The van der Waals surface area contributed by atoms with Crippen LogP contribution < -0.4 is 0 Å². The number of rotatable bonds is 7. The number of fused-ring (bicyclic) bond motifs is 3. The maximum absolute atomic E-state index is 12.9.